The number of carbonyl (C=O) groups is 1. The van der Waals surface area contributed by atoms with E-state index in [1.165, 1.54) is 0 Å². The molecule has 3 aliphatic rings. The Bertz CT molecular complexity index is 757. The second-order valence-corrected chi connectivity index (χ2v) is 7.38. The maximum atomic E-state index is 12.9. The van der Waals surface area contributed by atoms with Crippen molar-refractivity contribution < 1.29 is 14.1 Å². The molecule has 1 saturated carbocycles. The van der Waals surface area contributed by atoms with Gasteiger partial charge < -0.3 is 14.2 Å². The summed E-state index contributed by atoms with van der Waals surface area (Å²) in [5.41, 5.74) is 0.465. The van der Waals surface area contributed by atoms with E-state index >= 15 is 0 Å². The summed E-state index contributed by atoms with van der Waals surface area (Å²) >= 11 is 0. The van der Waals surface area contributed by atoms with Crippen molar-refractivity contribution in [2.45, 2.75) is 62.6 Å². The van der Waals surface area contributed by atoms with E-state index in [0.717, 1.165) is 50.0 Å². The number of ether oxygens (including phenoxy) is 1. The fraction of sp³-hybridized carbons (Fsp3) is 0.526. The SMILES string of the molecule is O=C(c1cc(C2CC2)on1)N1C2CCC1CC(Oc1ccncc1)C2. The third-order valence-corrected chi connectivity index (χ3v) is 5.60. The van der Waals surface area contributed by atoms with Crippen LogP contribution in [0.2, 0.25) is 0 Å². The van der Waals surface area contributed by atoms with E-state index in [0.29, 0.717) is 11.6 Å². The lowest BCUT2D eigenvalue weighted by molar-refractivity contribution is 0.0350. The van der Waals surface area contributed by atoms with E-state index in [1.54, 1.807) is 12.4 Å². The predicted octanol–water partition coefficient (Wildman–Crippen LogP) is 3.16. The third-order valence-electron chi connectivity index (χ3n) is 5.60. The average molecular weight is 339 g/mol. The van der Waals surface area contributed by atoms with E-state index in [2.05, 4.69) is 10.1 Å². The van der Waals surface area contributed by atoms with Gasteiger partial charge in [0.1, 0.15) is 17.6 Å². The molecule has 2 atom stereocenters. The molecule has 2 saturated heterocycles. The van der Waals surface area contributed by atoms with Crippen molar-refractivity contribution in [1.29, 1.82) is 0 Å². The van der Waals surface area contributed by atoms with Crippen LogP contribution in [0.4, 0.5) is 0 Å². The summed E-state index contributed by atoms with van der Waals surface area (Å²) in [6.07, 6.45) is 9.76. The molecule has 0 aromatic carbocycles. The molecule has 3 fully saturated rings. The Hall–Kier alpha value is -2.37. The van der Waals surface area contributed by atoms with Crippen molar-refractivity contribution in [1.82, 2.24) is 15.0 Å². The lowest BCUT2D eigenvalue weighted by Gasteiger charge is -2.38. The van der Waals surface area contributed by atoms with Gasteiger partial charge in [0.2, 0.25) is 0 Å². The van der Waals surface area contributed by atoms with Gasteiger partial charge in [0.25, 0.3) is 5.91 Å². The first-order chi connectivity index (χ1) is 12.3. The zero-order valence-electron chi connectivity index (χ0n) is 14.0. The average Bonchev–Trinajstić information content (AvgIpc) is 3.30. The van der Waals surface area contributed by atoms with Crippen LogP contribution < -0.4 is 4.74 Å². The Kier molecular flexibility index (Phi) is 3.50. The number of amides is 1. The number of piperidine rings is 1. The smallest absolute Gasteiger partial charge is 0.276 e. The second-order valence-electron chi connectivity index (χ2n) is 7.38. The molecule has 2 bridgehead atoms. The van der Waals surface area contributed by atoms with Gasteiger partial charge in [0, 0.05) is 49.3 Å². The Balaban J connectivity index is 1.29. The van der Waals surface area contributed by atoms with Crippen molar-refractivity contribution in [3.8, 4) is 5.75 Å². The number of nitrogens with zero attached hydrogens (tertiary/aromatic N) is 3. The van der Waals surface area contributed by atoms with Gasteiger partial charge in [0.15, 0.2) is 5.69 Å². The summed E-state index contributed by atoms with van der Waals surface area (Å²) in [4.78, 5) is 19.0. The summed E-state index contributed by atoms with van der Waals surface area (Å²) in [6.45, 7) is 0. The molecule has 2 unspecified atom stereocenters. The fourth-order valence-electron chi connectivity index (χ4n) is 4.25. The lowest BCUT2D eigenvalue weighted by Crippen LogP contribution is -2.49. The van der Waals surface area contributed by atoms with Gasteiger partial charge in [-0.1, -0.05) is 5.16 Å². The van der Waals surface area contributed by atoms with Crippen LogP contribution in [0.15, 0.2) is 35.1 Å². The quantitative estimate of drug-likeness (QED) is 0.856. The summed E-state index contributed by atoms with van der Waals surface area (Å²) in [5, 5.41) is 4.03. The van der Waals surface area contributed by atoms with Crippen LogP contribution in [0.3, 0.4) is 0 Å². The highest BCUT2D eigenvalue weighted by Crippen LogP contribution is 2.41. The molecule has 0 spiro atoms. The summed E-state index contributed by atoms with van der Waals surface area (Å²) in [7, 11) is 0. The first kappa shape index (κ1) is 14.9. The zero-order valence-corrected chi connectivity index (χ0v) is 14.0. The van der Waals surface area contributed by atoms with Crippen LogP contribution in [0.25, 0.3) is 0 Å². The van der Waals surface area contributed by atoms with Crippen LogP contribution in [-0.2, 0) is 0 Å². The van der Waals surface area contributed by atoms with Gasteiger partial charge in [0.05, 0.1) is 0 Å². The summed E-state index contributed by atoms with van der Waals surface area (Å²) < 4.78 is 11.5. The van der Waals surface area contributed by atoms with Crippen LogP contribution >= 0.6 is 0 Å². The molecular formula is C19H21N3O3. The Labute approximate surface area is 146 Å². The van der Waals surface area contributed by atoms with E-state index < -0.39 is 0 Å². The van der Waals surface area contributed by atoms with Crippen LogP contribution in [0.5, 0.6) is 5.75 Å². The van der Waals surface area contributed by atoms with Gasteiger partial charge >= 0.3 is 0 Å². The molecule has 130 valence electrons. The van der Waals surface area contributed by atoms with Gasteiger partial charge in [-0.25, -0.2) is 0 Å². The number of hydrogen-bond donors (Lipinski definition) is 0. The van der Waals surface area contributed by atoms with Crippen molar-refractivity contribution in [2.75, 3.05) is 0 Å². The molecule has 25 heavy (non-hydrogen) atoms. The van der Waals surface area contributed by atoms with Gasteiger partial charge in [-0.15, -0.1) is 0 Å². The molecule has 0 N–H and O–H groups in total. The van der Waals surface area contributed by atoms with Crippen molar-refractivity contribution >= 4 is 5.91 Å². The lowest BCUT2D eigenvalue weighted by atomic mass is 9.99. The van der Waals surface area contributed by atoms with E-state index in [1.807, 2.05) is 23.1 Å². The highest BCUT2D eigenvalue weighted by atomic mass is 16.5. The second kappa shape index (κ2) is 5.86. The summed E-state index contributed by atoms with van der Waals surface area (Å²) in [5.74, 6) is 2.21. The minimum absolute atomic E-state index is 0.0190. The molecule has 1 aliphatic carbocycles. The van der Waals surface area contributed by atoms with Crippen LogP contribution in [0, 0.1) is 0 Å². The monoisotopic (exact) mass is 339 g/mol. The summed E-state index contributed by atoms with van der Waals surface area (Å²) in [6, 6.07) is 6.08. The van der Waals surface area contributed by atoms with Gasteiger partial charge in [-0.05, 0) is 37.8 Å². The highest BCUT2D eigenvalue weighted by Gasteiger charge is 2.45. The minimum Gasteiger partial charge on any atom is -0.490 e. The predicted molar refractivity (Wildman–Crippen MR) is 89.3 cm³/mol. The molecule has 0 radical (unpaired) electrons. The number of pyridine rings is 1. The first-order valence-corrected chi connectivity index (χ1v) is 9.14. The molecular weight excluding hydrogens is 318 g/mol. The molecule has 2 aromatic heterocycles. The molecule has 5 rings (SSSR count). The maximum absolute atomic E-state index is 12.9. The fourth-order valence-corrected chi connectivity index (χ4v) is 4.25. The topological polar surface area (TPSA) is 68.5 Å². The molecule has 6 nitrogen and oxygen atoms in total. The van der Waals surface area contributed by atoms with Crippen LogP contribution in [-0.4, -0.2) is 39.1 Å². The maximum Gasteiger partial charge on any atom is 0.276 e. The minimum atomic E-state index is 0.0190. The normalized spacial score (nSPS) is 28.2. The standard InChI is InChI=1S/C19H21N3O3/c23-19(17-11-18(25-21-17)12-1-2-12)22-13-3-4-14(22)10-16(9-13)24-15-5-7-20-8-6-15/h5-8,11-14,16H,1-4,9-10H2. The molecule has 2 aromatic rings. The van der Waals surface area contributed by atoms with Gasteiger partial charge in [-0.3, -0.25) is 9.78 Å². The highest BCUT2D eigenvalue weighted by molar-refractivity contribution is 5.93. The van der Waals surface area contributed by atoms with Crippen molar-refractivity contribution in [2.24, 2.45) is 0 Å². The molecule has 1 amide bonds. The number of carbonyl (C=O) groups excluding carboxylic acids is 1. The molecule has 4 heterocycles. The first-order valence-electron chi connectivity index (χ1n) is 9.14. The van der Waals surface area contributed by atoms with Crippen molar-refractivity contribution in [3.63, 3.8) is 0 Å². The Morgan fingerprint density at radius 2 is 1.84 bits per heavy atom. The van der Waals surface area contributed by atoms with Crippen LogP contribution in [0.1, 0.15) is 60.7 Å². The van der Waals surface area contributed by atoms with E-state index in [4.69, 9.17) is 9.26 Å². The Morgan fingerprint density at radius 3 is 2.52 bits per heavy atom. The van der Waals surface area contributed by atoms with Gasteiger partial charge in [-0.2, -0.15) is 0 Å². The molecule has 6 heteroatoms. The van der Waals surface area contributed by atoms with E-state index in [9.17, 15) is 4.79 Å². The number of fused-ring (bicyclic) bond motifs is 2. The van der Waals surface area contributed by atoms with E-state index in [-0.39, 0.29) is 24.1 Å². The molecule has 2 aliphatic heterocycles. The largest absolute Gasteiger partial charge is 0.490 e. The third kappa shape index (κ3) is 2.79. The van der Waals surface area contributed by atoms with Crippen molar-refractivity contribution in [3.05, 3.63) is 42.0 Å². The number of aromatic nitrogens is 2. The zero-order chi connectivity index (χ0) is 16.8. The number of hydrogen-bond acceptors (Lipinski definition) is 5. The number of rotatable bonds is 4. The Morgan fingerprint density at radius 1 is 1.12 bits per heavy atom.